The zero-order chi connectivity index (χ0) is 47.2. The Morgan fingerprint density at radius 1 is 0.323 bits per heavy atom. The minimum Gasteiger partial charge on any atom is -0.462 e. The second kappa shape index (κ2) is 53.7. The van der Waals surface area contributed by atoms with E-state index in [1.165, 1.54) is 141 Å². The van der Waals surface area contributed by atoms with Crippen LogP contribution in [0.15, 0.2) is 60.8 Å². The van der Waals surface area contributed by atoms with Crippen molar-refractivity contribution in [3.05, 3.63) is 60.8 Å². The molecule has 0 aromatic rings. The molecule has 376 valence electrons. The number of carbonyl (C=O) groups is 3. The average molecular weight is 909 g/mol. The standard InChI is InChI=1S/C59H104O6/c1-4-7-10-13-16-19-22-25-27-29-31-32-34-37-40-43-46-49-52-58(61)64-55-56(54-63-57(60)51-48-45-42-39-36-24-21-18-15-12-9-6-3)65-59(62)53-50-47-44-41-38-35-33-30-28-26-23-20-17-14-11-8-5-2/h8,11,17,20,26-29,33,35,56H,4-7,9-10,12-16,18-19,21-25,30-32,34,36-55H2,1-3H3/b11-8-,20-17-,28-26-,29-27-,35-33-. The van der Waals surface area contributed by atoms with Crippen LogP contribution in [0.25, 0.3) is 0 Å². The summed E-state index contributed by atoms with van der Waals surface area (Å²) in [5.41, 5.74) is 0. The van der Waals surface area contributed by atoms with Gasteiger partial charge in [0.2, 0.25) is 0 Å². The summed E-state index contributed by atoms with van der Waals surface area (Å²) in [5, 5.41) is 0. The van der Waals surface area contributed by atoms with Crippen LogP contribution in [0.1, 0.15) is 278 Å². The molecule has 0 rings (SSSR count). The topological polar surface area (TPSA) is 78.9 Å². The Morgan fingerprint density at radius 2 is 0.600 bits per heavy atom. The summed E-state index contributed by atoms with van der Waals surface area (Å²) in [5.74, 6) is -0.903. The van der Waals surface area contributed by atoms with Gasteiger partial charge in [0.1, 0.15) is 13.2 Å². The second-order valence-corrected chi connectivity index (χ2v) is 18.5. The molecule has 65 heavy (non-hydrogen) atoms. The number of hydrogen-bond acceptors (Lipinski definition) is 6. The first kappa shape index (κ1) is 62.1. The van der Waals surface area contributed by atoms with E-state index in [0.29, 0.717) is 19.3 Å². The minimum atomic E-state index is -0.786. The SMILES string of the molecule is CC/C=C\C/C=C\C/C=C\C/C=C\CCCCCCC(=O)OC(COC(=O)CCCCCCCCC/C=C\CCCCCCCCC)COC(=O)CCCCCCCCCCCCCC. The maximum atomic E-state index is 12.8. The van der Waals surface area contributed by atoms with Crippen LogP contribution in [0.2, 0.25) is 0 Å². The number of allylic oxidation sites excluding steroid dienone is 10. The van der Waals surface area contributed by atoms with Gasteiger partial charge in [0.15, 0.2) is 6.10 Å². The van der Waals surface area contributed by atoms with Crippen molar-refractivity contribution in [1.29, 1.82) is 0 Å². The maximum Gasteiger partial charge on any atom is 0.306 e. The highest BCUT2D eigenvalue weighted by molar-refractivity contribution is 5.71. The van der Waals surface area contributed by atoms with Crippen molar-refractivity contribution in [3.8, 4) is 0 Å². The Bertz CT molecular complexity index is 1180. The van der Waals surface area contributed by atoms with Crippen molar-refractivity contribution >= 4 is 17.9 Å². The van der Waals surface area contributed by atoms with E-state index in [1.807, 2.05) is 0 Å². The monoisotopic (exact) mass is 909 g/mol. The van der Waals surface area contributed by atoms with Gasteiger partial charge in [-0.15, -0.1) is 0 Å². The lowest BCUT2D eigenvalue weighted by molar-refractivity contribution is -0.167. The summed E-state index contributed by atoms with van der Waals surface area (Å²) in [7, 11) is 0. The molecule has 0 saturated heterocycles. The van der Waals surface area contributed by atoms with Crippen molar-refractivity contribution < 1.29 is 28.6 Å². The smallest absolute Gasteiger partial charge is 0.306 e. The fourth-order valence-corrected chi connectivity index (χ4v) is 7.84. The molecule has 0 saturated carbocycles. The lowest BCUT2D eigenvalue weighted by atomic mass is 10.0. The van der Waals surface area contributed by atoms with Gasteiger partial charge in [-0.1, -0.05) is 236 Å². The summed E-state index contributed by atoms with van der Waals surface area (Å²) < 4.78 is 16.8. The predicted molar refractivity (Wildman–Crippen MR) is 279 cm³/mol. The van der Waals surface area contributed by atoms with E-state index < -0.39 is 6.10 Å². The van der Waals surface area contributed by atoms with Gasteiger partial charge < -0.3 is 14.2 Å². The van der Waals surface area contributed by atoms with E-state index >= 15 is 0 Å². The average Bonchev–Trinajstić information content (AvgIpc) is 3.30. The molecule has 0 aromatic carbocycles. The fraction of sp³-hybridized carbons (Fsp3) is 0.780. The number of ether oxygens (including phenoxy) is 3. The normalized spacial score (nSPS) is 12.5. The van der Waals surface area contributed by atoms with Gasteiger partial charge in [0, 0.05) is 19.3 Å². The zero-order valence-corrected chi connectivity index (χ0v) is 43.0. The van der Waals surface area contributed by atoms with Crippen molar-refractivity contribution in [1.82, 2.24) is 0 Å². The number of hydrogen-bond donors (Lipinski definition) is 0. The van der Waals surface area contributed by atoms with Crippen LogP contribution >= 0.6 is 0 Å². The number of esters is 3. The molecule has 6 nitrogen and oxygen atoms in total. The minimum absolute atomic E-state index is 0.0834. The van der Waals surface area contributed by atoms with Crippen LogP contribution in [0.5, 0.6) is 0 Å². The van der Waals surface area contributed by atoms with E-state index in [9.17, 15) is 14.4 Å². The molecule has 0 radical (unpaired) electrons. The first-order chi connectivity index (χ1) is 32.0. The molecule has 0 amide bonds. The summed E-state index contributed by atoms with van der Waals surface area (Å²) in [6, 6.07) is 0. The van der Waals surface area contributed by atoms with E-state index in [2.05, 4.69) is 81.5 Å². The van der Waals surface area contributed by atoms with E-state index in [0.717, 1.165) is 96.3 Å². The van der Waals surface area contributed by atoms with Gasteiger partial charge in [-0.05, 0) is 83.5 Å². The molecule has 0 aliphatic heterocycles. The highest BCUT2D eigenvalue weighted by Crippen LogP contribution is 2.15. The molecule has 0 N–H and O–H groups in total. The second-order valence-electron chi connectivity index (χ2n) is 18.5. The molecule has 0 fully saturated rings. The summed E-state index contributed by atoms with van der Waals surface area (Å²) >= 11 is 0. The maximum absolute atomic E-state index is 12.8. The molecule has 0 bridgehead atoms. The third-order valence-electron chi connectivity index (χ3n) is 12.0. The van der Waals surface area contributed by atoms with Crippen LogP contribution in [0.4, 0.5) is 0 Å². The molecule has 6 heteroatoms. The summed E-state index contributed by atoms with van der Waals surface area (Å²) in [4.78, 5) is 38.1. The fourth-order valence-electron chi connectivity index (χ4n) is 7.84. The summed E-state index contributed by atoms with van der Waals surface area (Å²) in [6.07, 6.45) is 66.3. The molecular formula is C59H104O6. The number of rotatable bonds is 50. The number of unbranched alkanes of at least 4 members (excludes halogenated alkanes) is 29. The molecule has 0 heterocycles. The van der Waals surface area contributed by atoms with Gasteiger partial charge in [-0.25, -0.2) is 0 Å². The molecule has 0 aliphatic rings. The zero-order valence-electron chi connectivity index (χ0n) is 43.0. The van der Waals surface area contributed by atoms with Gasteiger partial charge in [-0.2, -0.15) is 0 Å². The van der Waals surface area contributed by atoms with Crippen LogP contribution < -0.4 is 0 Å². The van der Waals surface area contributed by atoms with Gasteiger partial charge in [-0.3, -0.25) is 14.4 Å². The molecule has 0 spiro atoms. The van der Waals surface area contributed by atoms with Crippen molar-refractivity contribution in [2.45, 2.75) is 284 Å². The van der Waals surface area contributed by atoms with Crippen LogP contribution in [-0.2, 0) is 28.6 Å². The molecule has 0 aliphatic carbocycles. The van der Waals surface area contributed by atoms with Gasteiger partial charge in [0.25, 0.3) is 0 Å². The first-order valence-corrected chi connectivity index (χ1v) is 27.8. The Balaban J connectivity index is 4.39. The Labute approximate surface area is 402 Å². The largest absolute Gasteiger partial charge is 0.462 e. The van der Waals surface area contributed by atoms with Crippen molar-refractivity contribution in [3.63, 3.8) is 0 Å². The Kier molecular flexibility index (Phi) is 51.3. The van der Waals surface area contributed by atoms with Crippen LogP contribution in [0, 0.1) is 0 Å². The Hall–Kier alpha value is -2.89. The molecule has 1 unspecified atom stereocenters. The van der Waals surface area contributed by atoms with Gasteiger partial charge in [0.05, 0.1) is 0 Å². The molecular weight excluding hydrogens is 805 g/mol. The summed E-state index contributed by atoms with van der Waals surface area (Å²) in [6.45, 7) is 6.52. The lowest BCUT2D eigenvalue weighted by Gasteiger charge is -2.18. The van der Waals surface area contributed by atoms with Crippen LogP contribution in [0.3, 0.4) is 0 Å². The van der Waals surface area contributed by atoms with Crippen LogP contribution in [-0.4, -0.2) is 37.2 Å². The van der Waals surface area contributed by atoms with E-state index in [-0.39, 0.29) is 31.1 Å². The molecule has 0 aromatic heterocycles. The highest BCUT2D eigenvalue weighted by atomic mass is 16.6. The van der Waals surface area contributed by atoms with E-state index in [4.69, 9.17) is 14.2 Å². The van der Waals surface area contributed by atoms with Crippen molar-refractivity contribution in [2.75, 3.05) is 13.2 Å². The quantitative estimate of drug-likeness (QED) is 0.0262. The lowest BCUT2D eigenvalue weighted by Crippen LogP contribution is -2.30. The van der Waals surface area contributed by atoms with Gasteiger partial charge >= 0.3 is 17.9 Å². The molecule has 1 atom stereocenters. The van der Waals surface area contributed by atoms with E-state index in [1.54, 1.807) is 0 Å². The Morgan fingerprint density at radius 3 is 0.954 bits per heavy atom. The number of carbonyl (C=O) groups excluding carboxylic acids is 3. The predicted octanol–water partition coefficient (Wildman–Crippen LogP) is 18.4. The highest BCUT2D eigenvalue weighted by Gasteiger charge is 2.19. The van der Waals surface area contributed by atoms with Crippen molar-refractivity contribution in [2.24, 2.45) is 0 Å². The third-order valence-corrected chi connectivity index (χ3v) is 12.0. The first-order valence-electron chi connectivity index (χ1n) is 27.8. The third kappa shape index (κ3) is 51.9.